The van der Waals surface area contributed by atoms with E-state index >= 15 is 0 Å². The molecular formula is C12H19N. The van der Waals surface area contributed by atoms with Crippen molar-refractivity contribution in [2.24, 2.45) is 0 Å². The lowest BCUT2D eigenvalue weighted by Crippen LogP contribution is -1.72. The Labute approximate surface area is 82.1 Å². The highest BCUT2D eigenvalue weighted by Crippen LogP contribution is 2.00. The average Bonchev–Trinajstić information content (AvgIpc) is 2.15. The molecule has 13 heavy (non-hydrogen) atoms. The summed E-state index contributed by atoms with van der Waals surface area (Å²) >= 11 is 0. The van der Waals surface area contributed by atoms with E-state index in [9.17, 15) is 0 Å². The number of nitriles is 1. The molecule has 0 aromatic rings. The molecule has 0 bridgehead atoms. The highest BCUT2D eigenvalue weighted by Gasteiger charge is 1.85. The molecule has 0 aliphatic heterocycles. The summed E-state index contributed by atoms with van der Waals surface area (Å²) in [5, 5.41) is 8.45. The van der Waals surface area contributed by atoms with Crippen LogP contribution in [0.1, 0.15) is 34.1 Å². The van der Waals surface area contributed by atoms with Gasteiger partial charge in [-0.05, 0) is 19.9 Å². The lowest BCUT2D eigenvalue weighted by atomic mass is 10.2. The molecule has 1 nitrogen and oxygen atoms in total. The highest BCUT2D eigenvalue weighted by molar-refractivity contribution is 5.37. The SMILES string of the molecule is C=C/C(C#N)=C\C(C)=C/C.CCC. The number of hydrogen-bond acceptors (Lipinski definition) is 1. The van der Waals surface area contributed by atoms with Gasteiger partial charge in [-0.1, -0.05) is 44.6 Å². The van der Waals surface area contributed by atoms with Crippen molar-refractivity contribution in [3.05, 3.63) is 36.0 Å². The lowest BCUT2D eigenvalue weighted by Gasteiger charge is -1.88. The Morgan fingerprint density at radius 3 is 2.15 bits per heavy atom. The second-order valence-corrected chi connectivity index (χ2v) is 2.66. The van der Waals surface area contributed by atoms with Gasteiger partial charge < -0.3 is 0 Å². The first kappa shape index (κ1) is 14.2. The third kappa shape index (κ3) is 10.7. The number of hydrogen-bond donors (Lipinski definition) is 0. The Balaban J connectivity index is 0. The molecule has 0 fully saturated rings. The summed E-state index contributed by atoms with van der Waals surface area (Å²) in [6.45, 7) is 11.6. The maximum Gasteiger partial charge on any atom is 0.0991 e. The third-order valence-electron chi connectivity index (χ3n) is 1.19. The van der Waals surface area contributed by atoms with Gasteiger partial charge in [-0.3, -0.25) is 0 Å². The number of nitrogens with zero attached hydrogens (tertiary/aromatic N) is 1. The summed E-state index contributed by atoms with van der Waals surface area (Å²) in [4.78, 5) is 0. The molecule has 0 rings (SSSR count). The van der Waals surface area contributed by atoms with Crippen molar-refractivity contribution in [3.8, 4) is 6.07 Å². The molecule has 0 aliphatic carbocycles. The van der Waals surface area contributed by atoms with Gasteiger partial charge in [0.25, 0.3) is 0 Å². The van der Waals surface area contributed by atoms with Crippen LogP contribution >= 0.6 is 0 Å². The molecule has 0 spiro atoms. The molecule has 0 atom stereocenters. The van der Waals surface area contributed by atoms with Gasteiger partial charge in [0.05, 0.1) is 11.6 Å². The largest absolute Gasteiger partial charge is 0.192 e. The minimum absolute atomic E-state index is 0.607. The molecule has 0 heterocycles. The first-order valence-corrected chi connectivity index (χ1v) is 4.53. The normalized spacial score (nSPS) is 11.0. The number of rotatable bonds is 2. The van der Waals surface area contributed by atoms with Crippen LogP contribution in [0, 0.1) is 11.3 Å². The second kappa shape index (κ2) is 10.7. The van der Waals surface area contributed by atoms with Crippen molar-refractivity contribution >= 4 is 0 Å². The molecule has 0 aromatic carbocycles. The van der Waals surface area contributed by atoms with Gasteiger partial charge in [0.1, 0.15) is 0 Å². The third-order valence-corrected chi connectivity index (χ3v) is 1.19. The van der Waals surface area contributed by atoms with Crippen molar-refractivity contribution in [3.63, 3.8) is 0 Å². The van der Waals surface area contributed by atoms with Crippen molar-refractivity contribution in [1.29, 1.82) is 5.26 Å². The van der Waals surface area contributed by atoms with Crippen LogP contribution in [-0.2, 0) is 0 Å². The maximum atomic E-state index is 8.45. The van der Waals surface area contributed by atoms with E-state index in [0.29, 0.717) is 5.57 Å². The summed E-state index contributed by atoms with van der Waals surface area (Å²) in [5.41, 5.74) is 1.69. The maximum absolute atomic E-state index is 8.45. The molecule has 0 saturated heterocycles. The minimum atomic E-state index is 0.607. The molecule has 0 saturated carbocycles. The van der Waals surface area contributed by atoms with Crippen LogP contribution in [0.2, 0.25) is 0 Å². The van der Waals surface area contributed by atoms with E-state index in [0.717, 1.165) is 5.57 Å². The van der Waals surface area contributed by atoms with Gasteiger partial charge in [-0.2, -0.15) is 5.26 Å². The molecule has 0 N–H and O–H groups in total. The van der Waals surface area contributed by atoms with Crippen LogP contribution in [0.25, 0.3) is 0 Å². The standard InChI is InChI=1S/C9H11N.C3H8/c1-4-8(3)6-9(5-2)7-10;1-3-2/h4-6H,2H2,1,3H3;3H2,1-2H3/b8-4-,9-6+;. The number of allylic oxidation sites excluding steroid dienone is 5. The highest BCUT2D eigenvalue weighted by atomic mass is 14.2. The fourth-order valence-electron chi connectivity index (χ4n) is 0.465. The first-order chi connectivity index (χ1) is 6.15. The summed E-state index contributed by atoms with van der Waals surface area (Å²) in [5.74, 6) is 0. The van der Waals surface area contributed by atoms with Gasteiger partial charge in [0.15, 0.2) is 0 Å². The fraction of sp³-hybridized carbons (Fsp3) is 0.417. The van der Waals surface area contributed by atoms with Crippen molar-refractivity contribution < 1.29 is 0 Å². The fourth-order valence-corrected chi connectivity index (χ4v) is 0.465. The molecule has 0 aliphatic rings. The lowest BCUT2D eigenvalue weighted by molar-refractivity contribution is 1.09. The molecule has 0 aromatic heterocycles. The summed E-state index contributed by atoms with van der Waals surface area (Å²) in [7, 11) is 0. The second-order valence-electron chi connectivity index (χ2n) is 2.66. The zero-order valence-corrected chi connectivity index (χ0v) is 9.09. The molecule has 1 heteroatoms. The van der Waals surface area contributed by atoms with Crippen molar-refractivity contribution in [1.82, 2.24) is 0 Å². The molecule has 0 amide bonds. The van der Waals surface area contributed by atoms with E-state index in [1.807, 2.05) is 26.0 Å². The average molecular weight is 177 g/mol. The van der Waals surface area contributed by atoms with Crippen molar-refractivity contribution in [2.45, 2.75) is 34.1 Å². The Kier molecular flexibility index (Phi) is 11.7. The molecule has 0 unspecified atom stereocenters. The molecule has 0 radical (unpaired) electrons. The Hall–Kier alpha value is -1.29. The smallest absolute Gasteiger partial charge is 0.0991 e. The Bertz CT molecular complexity index is 226. The van der Waals surface area contributed by atoms with E-state index < -0.39 is 0 Å². The van der Waals surface area contributed by atoms with E-state index in [-0.39, 0.29) is 0 Å². The summed E-state index contributed by atoms with van der Waals surface area (Å²) < 4.78 is 0. The van der Waals surface area contributed by atoms with Gasteiger partial charge in [-0.15, -0.1) is 0 Å². The zero-order chi connectivity index (χ0) is 10.7. The first-order valence-electron chi connectivity index (χ1n) is 4.53. The topological polar surface area (TPSA) is 23.8 Å². The van der Waals surface area contributed by atoms with Crippen LogP contribution in [0.5, 0.6) is 0 Å². The predicted molar refractivity (Wildman–Crippen MR) is 59.3 cm³/mol. The molecule has 72 valence electrons. The quantitative estimate of drug-likeness (QED) is 0.462. The van der Waals surface area contributed by atoms with Gasteiger partial charge >= 0.3 is 0 Å². The van der Waals surface area contributed by atoms with Gasteiger partial charge in [0.2, 0.25) is 0 Å². The summed E-state index contributed by atoms with van der Waals surface area (Å²) in [6, 6.07) is 2.02. The molecular weight excluding hydrogens is 158 g/mol. The van der Waals surface area contributed by atoms with E-state index in [1.165, 1.54) is 6.42 Å². The van der Waals surface area contributed by atoms with Crippen LogP contribution in [0.3, 0.4) is 0 Å². The van der Waals surface area contributed by atoms with Crippen molar-refractivity contribution in [2.75, 3.05) is 0 Å². The van der Waals surface area contributed by atoms with Gasteiger partial charge in [0, 0.05) is 0 Å². The van der Waals surface area contributed by atoms with Crippen LogP contribution in [0.15, 0.2) is 36.0 Å². The zero-order valence-electron chi connectivity index (χ0n) is 9.09. The Morgan fingerprint density at radius 1 is 1.46 bits per heavy atom. The predicted octanol–water partition coefficient (Wildman–Crippen LogP) is 4.00. The van der Waals surface area contributed by atoms with Crippen LogP contribution in [0.4, 0.5) is 0 Å². The van der Waals surface area contributed by atoms with Crippen LogP contribution in [-0.4, -0.2) is 0 Å². The van der Waals surface area contributed by atoms with E-state index in [2.05, 4.69) is 20.4 Å². The van der Waals surface area contributed by atoms with E-state index in [4.69, 9.17) is 5.26 Å². The monoisotopic (exact) mass is 177 g/mol. The van der Waals surface area contributed by atoms with E-state index in [1.54, 1.807) is 12.2 Å². The summed E-state index contributed by atoms with van der Waals surface area (Å²) in [6.07, 6.45) is 6.54. The van der Waals surface area contributed by atoms with Crippen LogP contribution < -0.4 is 0 Å². The van der Waals surface area contributed by atoms with Gasteiger partial charge in [-0.25, -0.2) is 0 Å². The minimum Gasteiger partial charge on any atom is -0.192 e. The Morgan fingerprint density at radius 2 is 1.92 bits per heavy atom.